The maximum absolute atomic E-state index is 12.9. The van der Waals surface area contributed by atoms with Gasteiger partial charge < -0.3 is 10.1 Å². The molecule has 0 radical (unpaired) electrons. The van der Waals surface area contributed by atoms with E-state index in [0.29, 0.717) is 5.75 Å². The molecule has 5 heteroatoms. The number of rotatable bonds is 3. The molecule has 1 rings (SSSR count). The molecule has 1 N–H and O–H groups in total. The third kappa shape index (κ3) is 2.14. The molecule has 0 aliphatic heterocycles. The summed E-state index contributed by atoms with van der Waals surface area (Å²) in [4.78, 5) is 0. The van der Waals surface area contributed by atoms with E-state index in [9.17, 15) is 13.2 Å². The van der Waals surface area contributed by atoms with Crippen molar-refractivity contribution in [3.05, 3.63) is 29.8 Å². The van der Waals surface area contributed by atoms with E-state index in [0.717, 1.165) is 6.92 Å². The van der Waals surface area contributed by atoms with E-state index in [-0.39, 0.29) is 5.56 Å². The van der Waals surface area contributed by atoms with Gasteiger partial charge in [0.05, 0.1) is 7.11 Å². The molecule has 1 aromatic carbocycles. The standard InChI is InChI=1S/C11H14F3NO/c1-10(15-2,11(12,13)14)8-4-6-9(16-3)7-5-8/h4-7,15H,1-3H3. The SMILES string of the molecule is CNC(C)(c1ccc(OC)cc1)C(F)(F)F. The van der Waals surface area contributed by atoms with Gasteiger partial charge in [-0.3, -0.25) is 0 Å². The Balaban J connectivity index is 3.13. The summed E-state index contributed by atoms with van der Waals surface area (Å²) in [5.74, 6) is 0.532. The fourth-order valence-corrected chi connectivity index (χ4v) is 1.37. The van der Waals surface area contributed by atoms with Crippen molar-refractivity contribution in [2.24, 2.45) is 0 Å². The summed E-state index contributed by atoms with van der Waals surface area (Å²) in [7, 11) is 2.76. The predicted octanol–water partition coefficient (Wildman–Crippen LogP) is 2.69. The zero-order valence-electron chi connectivity index (χ0n) is 9.35. The van der Waals surface area contributed by atoms with Crippen LogP contribution in [0.25, 0.3) is 0 Å². The number of methoxy groups -OCH3 is 1. The largest absolute Gasteiger partial charge is 0.497 e. The lowest BCUT2D eigenvalue weighted by Crippen LogP contribution is -2.49. The molecular formula is C11H14F3NO. The van der Waals surface area contributed by atoms with Gasteiger partial charge in [-0.15, -0.1) is 0 Å². The van der Waals surface area contributed by atoms with E-state index >= 15 is 0 Å². The van der Waals surface area contributed by atoms with Gasteiger partial charge in [0.1, 0.15) is 11.3 Å². The molecule has 2 nitrogen and oxygen atoms in total. The van der Waals surface area contributed by atoms with E-state index in [4.69, 9.17) is 4.74 Å². The van der Waals surface area contributed by atoms with Crippen LogP contribution < -0.4 is 10.1 Å². The van der Waals surface area contributed by atoms with Crippen molar-refractivity contribution in [3.63, 3.8) is 0 Å². The van der Waals surface area contributed by atoms with Crippen molar-refractivity contribution in [3.8, 4) is 5.75 Å². The van der Waals surface area contributed by atoms with E-state index in [1.54, 1.807) is 0 Å². The van der Waals surface area contributed by atoms with Crippen LogP contribution in [0.2, 0.25) is 0 Å². The number of ether oxygens (including phenoxy) is 1. The molecule has 90 valence electrons. The van der Waals surface area contributed by atoms with Gasteiger partial charge in [0, 0.05) is 0 Å². The molecule has 1 aromatic rings. The first kappa shape index (κ1) is 12.8. The number of alkyl halides is 3. The van der Waals surface area contributed by atoms with Gasteiger partial charge in [-0.2, -0.15) is 13.2 Å². The lowest BCUT2D eigenvalue weighted by molar-refractivity contribution is -0.193. The lowest BCUT2D eigenvalue weighted by atomic mass is 9.91. The number of hydrogen-bond donors (Lipinski definition) is 1. The molecule has 0 aliphatic carbocycles. The summed E-state index contributed by atoms with van der Waals surface area (Å²) < 4.78 is 43.5. The molecule has 0 fully saturated rings. The Labute approximate surface area is 92.4 Å². The van der Waals surface area contributed by atoms with Crippen molar-refractivity contribution in [2.45, 2.75) is 18.6 Å². The van der Waals surface area contributed by atoms with Crippen LogP contribution in [0.4, 0.5) is 13.2 Å². The van der Waals surface area contributed by atoms with Gasteiger partial charge in [-0.05, 0) is 31.7 Å². The highest BCUT2D eigenvalue weighted by Gasteiger charge is 2.51. The Bertz CT molecular complexity index is 347. The highest BCUT2D eigenvalue weighted by molar-refractivity contribution is 5.32. The number of nitrogens with one attached hydrogen (secondary N) is 1. The quantitative estimate of drug-likeness (QED) is 0.866. The summed E-state index contributed by atoms with van der Waals surface area (Å²) in [6, 6.07) is 5.83. The van der Waals surface area contributed by atoms with Crippen molar-refractivity contribution in [2.75, 3.05) is 14.2 Å². The normalized spacial score (nSPS) is 15.6. The summed E-state index contributed by atoms with van der Waals surface area (Å²) in [5, 5.41) is 2.31. The van der Waals surface area contributed by atoms with Crippen LogP contribution in [0.3, 0.4) is 0 Å². The van der Waals surface area contributed by atoms with Gasteiger partial charge in [0.25, 0.3) is 0 Å². The second-order valence-corrected chi connectivity index (χ2v) is 3.60. The van der Waals surface area contributed by atoms with Gasteiger partial charge in [0.2, 0.25) is 0 Å². The number of benzene rings is 1. The maximum atomic E-state index is 12.9. The van der Waals surface area contributed by atoms with Gasteiger partial charge in [0.15, 0.2) is 0 Å². The zero-order valence-corrected chi connectivity index (χ0v) is 9.35. The first-order chi connectivity index (χ1) is 7.35. The lowest BCUT2D eigenvalue weighted by Gasteiger charge is -2.32. The highest BCUT2D eigenvalue weighted by Crippen LogP contribution is 2.38. The van der Waals surface area contributed by atoms with Crippen LogP contribution in [-0.2, 0) is 5.54 Å². The highest BCUT2D eigenvalue weighted by atomic mass is 19.4. The molecule has 16 heavy (non-hydrogen) atoms. The minimum absolute atomic E-state index is 0.156. The van der Waals surface area contributed by atoms with Crippen molar-refractivity contribution in [1.82, 2.24) is 5.32 Å². The van der Waals surface area contributed by atoms with E-state index < -0.39 is 11.7 Å². The molecule has 1 unspecified atom stereocenters. The van der Waals surface area contributed by atoms with E-state index in [2.05, 4.69) is 5.32 Å². The van der Waals surface area contributed by atoms with Crippen LogP contribution in [0.15, 0.2) is 24.3 Å². The second kappa shape index (κ2) is 4.33. The Kier molecular flexibility index (Phi) is 3.48. The molecule has 0 heterocycles. The molecule has 0 amide bonds. The second-order valence-electron chi connectivity index (χ2n) is 3.60. The molecule has 0 bridgehead atoms. The molecular weight excluding hydrogens is 219 g/mol. The third-order valence-electron chi connectivity index (χ3n) is 2.73. The summed E-state index contributed by atoms with van der Waals surface area (Å²) in [6.45, 7) is 1.11. The van der Waals surface area contributed by atoms with E-state index in [1.807, 2.05) is 0 Å². The average Bonchev–Trinajstić information content (AvgIpc) is 2.26. The molecule has 0 spiro atoms. The van der Waals surface area contributed by atoms with Gasteiger partial charge >= 0.3 is 6.18 Å². The zero-order chi connectivity index (χ0) is 12.4. The Morgan fingerprint density at radius 2 is 1.62 bits per heavy atom. The van der Waals surface area contributed by atoms with Gasteiger partial charge in [-0.25, -0.2) is 0 Å². The van der Waals surface area contributed by atoms with Crippen molar-refractivity contribution < 1.29 is 17.9 Å². The molecule has 0 aromatic heterocycles. The topological polar surface area (TPSA) is 21.3 Å². The first-order valence-electron chi connectivity index (χ1n) is 4.75. The third-order valence-corrected chi connectivity index (χ3v) is 2.73. The molecule has 0 aliphatic rings. The first-order valence-corrected chi connectivity index (χ1v) is 4.75. The van der Waals surface area contributed by atoms with Crippen molar-refractivity contribution >= 4 is 0 Å². The maximum Gasteiger partial charge on any atom is 0.410 e. The van der Waals surface area contributed by atoms with Crippen LogP contribution in [0, 0.1) is 0 Å². The minimum atomic E-state index is -4.35. The monoisotopic (exact) mass is 233 g/mol. The smallest absolute Gasteiger partial charge is 0.410 e. The molecule has 0 saturated heterocycles. The minimum Gasteiger partial charge on any atom is -0.497 e. The van der Waals surface area contributed by atoms with Crippen LogP contribution in [-0.4, -0.2) is 20.3 Å². The number of hydrogen-bond acceptors (Lipinski definition) is 2. The fourth-order valence-electron chi connectivity index (χ4n) is 1.37. The predicted molar refractivity (Wildman–Crippen MR) is 55.5 cm³/mol. The van der Waals surface area contributed by atoms with Gasteiger partial charge in [-0.1, -0.05) is 12.1 Å². The van der Waals surface area contributed by atoms with Crippen molar-refractivity contribution in [1.29, 1.82) is 0 Å². The summed E-state index contributed by atoms with van der Waals surface area (Å²) in [6.07, 6.45) is -4.35. The van der Waals surface area contributed by atoms with Crippen LogP contribution in [0.1, 0.15) is 12.5 Å². The van der Waals surface area contributed by atoms with Crippen LogP contribution >= 0.6 is 0 Å². The van der Waals surface area contributed by atoms with Crippen LogP contribution in [0.5, 0.6) is 5.75 Å². The summed E-state index contributed by atoms with van der Waals surface area (Å²) in [5.41, 5.74) is -1.89. The summed E-state index contributed by atoms with van der Waals surface area (Å²) >= 11 is 0. The Morgan fingerprint density at radius 1 is 1.12 bits per heavy atom. The average molecular weight is 233 g/mol. The fraction of sp³-hybridized carbons (Fsp3) is 0.455. The molecule has 1 atom stereocenters. The Morgan fingerprint density at radius 3 is 1.94 bits per heavy atom. The molecule has 0 saturated carbocycles. The van der Waals surface area contributed by atoms with E-state index in [1.165, 1.54) is 38.4 Å². The Hall–Kier alpha value is -1.23. The number of halogens is 3.